The molecule has 0 N–H and O–H groups in total. The zero-order valence-corrected chi connectivity index (χ0v) is 14.1. The summed E-state index contributed by atoms with van der Waals surface area (Å²) in [5, 5.41) is 0.322. The average Bonchev–Trinajstić information content (AvgIpc) is 3.22. The van der Waals surface area contributed by atoms with Gasteiger partial charge in [-0.15, -0.1) is 0 Å². The largest absolute Gasteiger partial charge is 0.461 e. The summed E-state index contributed by atoms with van der Waals surface area (Å²) >= 11 is 0. The summed E-state index contributed by atoms with van der Waals surface area (Å²) in [4.78, 5) is 24.4. The minimum absolute atomic E-state index is 0.250. The molecule has 0 radical (unpaired) electrons. The maximum atomic E-state index is 12.4. The Bertz CT molecular complexity index is 1170. The molecule has 0 bridgehead atoms. The van der Waals surface area contributed by atoms with E-state index in [-0.39, 0.29) is 11.2 Å². The lowest BCUT2D eigenvalue weighted by Crippen LogP contribution is -2.05. The van der Waals surface area contributed by atoms with Gasteiger partial charge in [-0.2, -0.15) is 0 Å². The van der Waals surface area contributed by atoms with Crippen molar-refractivity contribution in [2.45, 2.75) is 0 Å². The minimum atomic E-state index is -0.533. The fourth-order valence-corrected chi connectivity index (χ4v) is 2.62. The fraction of sp³-hybridized carbons (Fsp3) is 0. The van der Waals surface area contributed by atoms with E-state index in [0.29, 0.717) is 22.5 Å². The first-order chi connectivity index (χ1) is 13.2. The predicted molar refractivity (Wildman–Crippen MR) is 101 cm³/mol. The third kappa shape index (κ3) is 3.72. The van der Waals surface area contributed by atoms with Crippen LogP contribution in [0.2, 0.25) is 0 Å². The van der Waals surface area contributed by atoms with Gasteiger partial charge in [0.2, 0.25) is 0 Å². The highest BCUT2D eigenvalue weighted by Crippen LogP contribution is 2.25. The quantitative estimate of drug-likeness (QED) is 0.301. The van der Waals surface area contributed by atoms with Crippen LogP contribution in [0, 0.1) is 0 Å². The first kappa shape index (κ1) is 16.6. The highest BCUT2D eigenvalue weighted by Gasteiger charge is 2.11. The lowest BCUT2D eigenvalue weighted by molar-refractivity contribution is -0.128. The van der Waals surface area contributed by atoms with Gasteiger partial charge in [0.15, 0.2) is 16.9 Å². The number of hydrogen-bond acceptors (Lipinski definition) is 5. The standard InChI is InChI=1S/C22H14O5/c23-18-14-21(20-7-4-12-25-20)27-19-10-9-16(13-17(18)19)26-22(24)11-8-15-5-2-1-3-6-15/h1-14H. The molecule has 2 aromatic carbocycles. The molecule has 0 aliphatic heterocycles. The van der Waals surface area contributed by atoms with E-state index in [9.17, 15) is 9.59 Å². The van der Waals surface area contributed by atoms with Crippen LogP contribution in [0.15, 0.2) is 92.7 Å². The maximum absolute atomic E-state index is 12.4. The van der Waals surface area contributed by atoms with Gasteiger partial charge < -0.3 is 13.6 Å². The second-order valence-corrected chi connectivity index (χ2v) is 5.78. The predicted octanol–water partition coefficient (Wildman–Crippen LogP) is 4.67. The number of furan rings is 1. The number of ether oxygens (including phenoxy) is 1. The van der Waals surface area contributed by atoms with Crippen molar-refractivity contribution in [2.75, 3.05) is 0 Å². The van der Waals surface area contributed by atoms with Crippen molar-refractivity contribution in [3.63, 3.8) is 0 Å². The number of fused-ring (bicyclic) bond motifs is 1. The van der Waals surface area contributed by atoms with Crippen LogP contribution in [-0.2, 0) is 4.79 Å². The Balaban J connectivity index is 1.57. The zero-order chi connectivity index (χ0) is 18.6. The summed E-state index contributed by atoms with van der Waals surface area (Å²) in [6.45, 7) is 0. The molecule has 2 heterocycles. The van der Waals surface area contributed by atoms with E-state index in [1.807, 2.05) is 30.3 Å². The second-order valence-electron chi connectivity index (χ2n) is 5.78. The number of carbonyl (C=O) groups excluding carboxylic acids is 1. The molecule has 4 rings (SSSR count). The molecule has 0 atom stereocenters. The maximum Gasteiger partial charge on any atom is 0.336 e. The Morgan fingerprint density at radius 3 is 2.56 bits per heavy atom. The van der Waals surface area contributed by atoms with Crippen LogP contribution in [0.1, 0.15) is 5.56 Å². The van der Waals surface area contributed by atoms with Crippen molar-refractivity contribution in [2.24, 2.45) is 0 Å². The molecular weight excluding hydrogens is 344 g/mol. The molecule has 0 fully saturated rings. The van der Waals surface area contributed by atoms with E-state index < -0.39 is 5.97 Å². The van der Waals surface area contributed by atoms with Crippen LogP contribution >= 0.6 is 0 Å². The molecule has 27 heavy (non-hydrogen) atoms. The molecule has 0 saturated heterocycles. The number of benzene rings is 2. The van der Waals surface area contributed by atoms with Gasteiger partial charge in [0.05, 0.1) is 11.6 Å². The molecule has 0 aliphatic carbocycles. The van der Waals surface area contributed by atoms with Gasteiger partial charge in [-0.3, -0.25) is 4.79 Å². The summed E-state index contributed by atoms with van der Waals surface area (Å²) in [6.07, 6.45) is 4.50. The lowest BCUT2D eigenvalue weighted by atomic mass is 10.2. The molecule has 132 valence electrons. The SMILES string of the molecule is O=C(C=Cc1ccccc1)Oc1ccc2oc(-c3ccco3)cc(=O)c2c1. The molecule has 5 nitrogen and oxygen atoms in total. The Kier molecular flexibility index (Phi) is 4.41. The summed E-state index contributed by atoms with van der Waals surface area (Å²) < 4.78 is 16.2. The van der Waals surface area contributed by atoms with Gasteiger partial charge in [0.1, 0.15) is 11.3 Å². The smallest absolute Gasteiger partial charge is 0.336 e. The molecule has 4 aromatic rings. The van der Waals surface area contributed by atoms with E-state index in [0.717, 1.165) is 5.56 Å². The zero-order valence-electron chi connectivity index (χ0n) is 14.1. The van der Waals surface area contributed by atoms with Crippen LogP contribution in [-0.4, -0.2) is 5.97 Å². The first-order valence-corrected chi connectivity index (χ1v) is 8.26. The molecule has 5 heteroatoms. The van der Waals surface area contributed by atoms with Crippen molar-refractivity contribution in [3.8, 4) is 17.3 Å². The third-order valence-corrected chi connectivity index (χ3v) is 3.89. The molecule has 2 aromatic heterocycles. The van der Waals surface area contributed by atoms with Crippen LogP contribution in [0.25, 0.3) is 28.6 Å². The van der Waals surface area contributed by atoms with E-state index in [1.165, 1.54) is 24.5 Å². The Morgan fingerprint density at radius 1 is 0.926 bits per heavy atom. The highest BCUT2D eigenvalue weighted by atomic mass is 16.5. The van der Waals surface area contributed by atoms with Crippen molar-refractivity contribution in [3.05, 3.63) is 94.9 Å². The van der Waals surface area contributed by atoms with Crippen molar-refractivity contribution in [1.82, 2.24) is 0 Å². The van der Waals surface area contributed by atoms with Gasteiger partial charge in [-0.05, 0) is 42.0 Å². The second kappa shape index (κ2) is 7.17. The number of hydrogen-bond donors (Lipinski definition) is 0. The molecule has 0 spiro atoms. The van der Waals surface area contributed by atoms with Crippen LogP contribution in [0.3, 0.4) is 0 Å². The number of esters is 1. The first-order valence-electron chi connectivity index (χ1n) is 8.26. The minimum Gasteiger partial charge on any atom is -0.461 e. The Labute approximate surface area is 154 Å². The third-order valence-electron chi connectivity index (χ3n) is 3.89. The molecule has 0 aliphatic rings. The van der Waals surface area contributed by atoms with Crippen molar-refractivity contribution >= 4 is 23.0 Å². The van der Waals surface area contributed by atoms with Crippen LogP contribution < -0.4 is 10.2 Å². The van der Waals surface area contributed by atoms with Crippen LogP contribution in [0.4, 0.5) is 0 Å². The van der Waals surface area contributed by atoms with E-state index >= 15 is 0 Å². The summed E-state index contributed by atoms with van der Waals surface area (Å²) in [7, 11) is 0. The summed E-state index contributed by atoms with van der Waals surface area (Å²) in [6, 6.07) is 18.8. The van der Waals surface area contributed by atoms with Crippen LogP contribution in [0.5, 0.6) is 5.75 Å². The Morgan fingerprint density at radius 2 is 1.78 bits per heavy atom. The van der Waals surface area contributed by atoms with Crippen molar-refractivity contribution in [1.29, 1.82) is 0 Å². The van der Waals surface area contributed by atoms with Gasteiger partial charge in [0, 0.05) is 12.1 Å². The Hall–Kier alpha value is -3.86. The van der Waals surface area contributed by atoms with Gasteiger partial charge in [0.25, 0.3) is 0 Å². The van der Waals surface area contributed by atoms with E-state index in [1.54, 1.807) is 30.3 Å². The lowest BCUT2D eigenvalue weighted by Gasteiger charge is -2.04. The van der Waals surface area contributed by atoms with Gasteiger partial charge in [-0.1, -0.05) is 30.3 Å². The van der Waals surface area contributed by atoms with Crippen molar-refractivity contribution < 1.29 is 18.4 Å². The topological polar surface area (TPSA) is 69.7 Å². The van der Waals surface area contributed by atoms with E-state index in [2.05, 4.69) is 0 Å². The van der Waals surface area contributed by atoms with Gasteiger partial charge >= 0.3 is 5.97 Å². The normalized spacial score (nSPS) is 11.1. The highest BCUT2D eigenvalue weighted by molar-refractivity contribution is 5.89. The van der Waals surface area contributed by atoms with E-state index in [4.69, 9.17) is 13.6 Å². The summed E-state index contributed by atoms with van der Waals surface area (Å²) in [5.74, 6) is 0.543. The molecule has 0 unspecified atom stereocenters. The summed E-state index contributed by atoms with van der Waals surface area (Å²) in [5.41, 5.74) is 1.02. The van der Waals surface area contributed by atoms with Gasteiger partial charge in [-0.25, -0.2) is 4.79 Å². The molecule has 0 saturated carbocycles. The monoisotopic (exact) mass is 358 g/mol. The number of rotatable bonds is 4. The fourth-order valence-electron chi connectivity index (χ4n) is 2.62. The molecule has 0 amide bonds. The average molecular weight is 358 g/mol. The molecular formula is C22H14O5. The number of carbonyl (C=O) groups is 1.